The Bertz CT molecular complexity index is 1190. The maximum Gasteiger partial charge on any atom is 0.326 e. The second kappa shape index (κ2) is 17.4. The van der Waals surface area contributed by atoms with E-state index in [9.17, 15) is 34.2 Å². The van der Waals surface area contributed by atoms with Crippen molar-refractivity contribution in [1.29, 1.82) is 0 Å². The average molecular weight is 585 g/mol. The van der Waals surface area contributed by atoms with Crippen molar-refractivity contribution < 1.29 is 34.2 Å². The Morgan fingerprint density at radius 2 is 1.29 bits per heavy atom. The van der Waals surface area contributed by atoms with Crippen LogP contribution in [0.4, 0.5) is 0 Å². The minimum atomic E-state index is -1.40. The molecule has 4 unspecified atom stereocenters. The molecule has 0 bridgehead atoms. The molecule has 0 aliphatic carbocycles. The third kappa shape index (κ3) is 11.9. The summed E-state index contributed by atoms with van der Waals surface area (Å²) >= 11 is 0. The highest BCUT2D eigenvalue weighted by Crippen LogP contribution is 2.12. The highest BCUT2D eigenvalue weighted by Gasteiger charge is 2.30. The van der Waals surface area contributed by atoms with E-state index in [1.165, 1.54) is 12.1 Å². The number of rotatable bonds is 18. The smallest absolute Gasteiger partial charge is 0.326 e. The molecule has 0 radical (unpaired) electrons. The predicted octanol–water partition coefficient (Wildman–Crippen LogP) is -0.562. The van der Waals surface area contributed by atoms with Gasteiger partial charge in [-0.3, -0.25) is 19.2 Å². The first kappa shape index (κ1) is 33.7. The van der Waals surface area contributed by atoms with E-state index < -0.39 is 53.8 Å². The van der Waals surface area contributed by atoms with Crippen LogP contribution in [0.25, 0.3) is 0 Å². The lowest BCUT2D eigenvalue weighted by Gasteiger charge is -2.25. The van der Waals surface area contributed by atoms with Gasteiger partial charge in [0.05, 0.1) is 6.04 Å². The zero-order valence-electron chi connectivity index (χ0n) is 23.3. The fourth-order valence-electron chi connectivity index (χ4n) is 4.17. The minimum Gasteiger partial charge on any atom is -0.508 e. The number of phenols is 1. The fourth-order valence-corrected chi connectivity index (χ4v) is 4.17. The van der Waals surface area contributed by atoms with Crippen molar-refractivity contribution in [1.82, 2.24) is 16.0 Å². The number of unbranched alkanes of at least 4 members (excludes halogenated alkanes) is 1. The molecule has 2 aromatic carbocycles. The number of nitrogens with two attached hydrogens (primary N) is 3. The van der Waals surface area contributed by atoms with Gasteiger partial charge in [-0.2, -0.15) is 0 Å². The highest BCUT2D eigenvalue weighted by molar-refractivity contribution is 5.94. The van der Waals surface area contributed by atoms with Gasteiger partial charge in [0.15, 0.2) is 0 Å². The molecule has 0 aromatic heterocycles. The van der Waals surface area contributed by atoms with Gasteiger partial charge in [-0.1, -0.05) is 42.5 Å². The van der Waals surface area contributed by atoms with Crippen LogP contribution in [-0.2, 0) is 36.8 Å². The standard InChI is InChI=1S/C29H40N6O7/c30-15-5-4-8-22(33-26(38)21(31)16-19-9-11-20(36)12-10-19)27(39)35-24(17-18-6-2-1-3-7-18)28(40)34-23(29(41)42)13-14-25(32)37/h1-3,6-7,9-12,21-24,36H,4-5,8,13-17,30-31H2,(H2,32,37)(H,33,38)(H,34,40)(H,35,39)(H,41,42). The molecular weight excluding hydrogens is 544 g/mol. The van der Waals surface area contributed by atoms with Gasteiger partial charge < -0.3 is 43.4 Å². The van der Waals surface area contributed by atoms with Crippen molar-refractivity contribution in [3.8, 4) is 5.75 Å². The zero-order valence-corrected chi connectivity index (χ0v) is 23.3. The Labute approximate surface area is 244 Å². The number of aromatic hydroxyl groups is 1. The van der Waals surface area contributed by atoms with Crippen molar-refractivity contribution in [2.75, 3.05) is 6.54 Å². The molecular formula is C29H40N6O7. The molecule has 11 N–H and O–H groups in total. The second-order valence-corrected chi connectivity index (χ2v) is 9.98. The number of primary amides is 1. The number of carbonyl (C=O) groups is 5. The maximum atomic E-state index is 13.4. The van der Waals surface area contributed by atoms with E-state index in [-0.39, 0.29) is 37.9 Å². The Morgan fingerprint density at radius 3 is 1.88 bits per heavy atom. The number of amides is 4. The lowest BCUT2D eigenvalue weighted by atomic mass is 10.0. The van der Waals surface area contributed by atoms with Crippen LogP contribution in [0.3, 0.4) is 0 Å². The van der Waals surface area contributed by atoms with E-state index >= 15 is 0 Å². The number of carboxylic acids is 1. The highest BCUT2D eigenvalue weighted by atomic mass is 16.4. The first-order valence-corrected chi connectivity index (χ1v) is 13.7. The third-order valence-electron chi connectivity index (χ3n) is 6.52. The van der Waals surface area contributed by atoms with Crippen LogP contribution in [0.15, 0.2) is 54.6 Å². The summed E-state index contributed by atoms with van der Waals surface area (Å²) in [5.74, 6) is -4.02. The van der Waals surface area contributed by atoms with E-state index in [1.54, 1.807) is 42.5 Å². The Morgan fingerprint density at radius 1 is 0.714 bits per heavy atom. The number of nitrogens with one attached hydrogen (secondary N) is 3. The van der Waals surface area contributed by atoms with Crippen molar-refractivity contribution >= 4 is 29.6 Å². The van der Waals surface area contributed by atoms with Crippen molar-refractivity contribution in [3.63, 3.8) is 0 Å². The van der Waals surface area contributed by atoms with E-state index in [4.69, 9.17) is 17.2 Å². The lowest BCUT2D eigenvalue weighted by Crippen LogP contribution is -2.57. The lowest BCUT2D eigenvalue weighted by molar-refractivity contribution is -0.142. The van der Waals surface area contributed by atoms with Gasteiger partial charge in [0.25, 0.3) is 0 Å². The molecule has 13 heteroatoms. The number of carboxylic acid groups (broad SMARTS) is 1. The third-order valence-corrected chi connectivity index (χ3v) is 6.52. The predicted molar refractivity (Wildman–Crippen MR) is 155 cm³/mol. The molecule has 0 heterocycles. The summed E-state index contributed by atoms with van der Waals surface area (Å²) in [5.41, 5.74) is 18.2. The van der Waals surface area contributed by atoms with Gasteiger partial charge in [-0.25, -0.2) is 4.79 Å². The van der Waals surface area contributed by atoms with E-state index in [0.29, 0.717) is 30.5 Å². The Kier molecular flexibility index (Phi) is 13.9. The van der Waals surface area contributed by atoms with E-state index in [0.717, 1.165) is 0 Å². The number of aliphatic carboxylic acids is 1. The van der Waals surface area contributed by atoms with Crippen LogP contribution in [0.1, 0.15) is 43.2 Å². The first-order valence-electron chi connectivity index (χ1n) is 13.7. The largest absolute Gasteiger partial charge is 0.508 e. The summed E-state index contributed by atoms with van der Waals surface area (Å²) in [6.07, 6.45) is 1.02. The average Bonchev–Trinajstić information content (AvgIpc) is 2.95. The maximum absolute atomic E-state index is 13.4. The summed E-state index contributed by atoms with van der Waals surface area (Å²) in [6.45, 7) is 0.379. The molecule has 0 spiro atoms. The normalized spacial score (nSPS) is 13.7. The molecule has 0 aliphatic rings. The number of hydrogen-bond acceptors (Lipinski definition) is 8. The van der Waals surface area contributed by atoms with Crippen LogP contribution in [0.5, 0.6) is 5.75 Å². The monoisotopic (exact) mass is 584 g/mol. The molecule has 0 fully saturated rings. The molecule has 4 amide bonds. The molecule has 4 atom stereocenters. The van der Waals surface area contributed by atoms with Crippen LogP contribution in [0, 0.1) is 0 Å². The number of phenolic OH excluding ortho intramolecular Hbond substituents is 1. The van der Waals surface area contributed by atoms with E-state index in [1.807, 2.05) is 0 Å². The Balaban J connectivity index is 2.20. The number of benzene rings is 2. The summed E-state index contributed by atoms with van der Waals surface area (Å²) in [5, 5.41) is 26.7. The van der Waals surface area contributed by atoms with Gasteiger partial charge >= 0.3 is 5.97 Å². The fraction of sp³-hybridized carbons (Fsp3) is 0.414. The molecule has 2 rings (SSSR count). The molecule has 42 heavy (non-hydrogen) atoms. The minimum absolute atomic E-state index is 0.0321. The van der Waals surface area contributed by atoms with Crippen molar-refractivity contribution in [2.45, 2.75) is 69.1 Å². The van der Waals surface area contributed by atoms with E-state index in [2.05, 4.69) is 16.0 Å². The SMILES string of the molecule is NCCCCC(NC(=O)C(N)Cc1ccc(O)cc1)C(=O)NC(Cc1ccccc1)C(=O)NC(CCC(N)=O)C(=O)O. The number of hydrogen-bond donors (Lipinski definition) is 8. The molecule has 13 nitrogen and oxygen atoms in total. The van der Waals surface area contributed by atoms with Crippen LogP contribution in [0.2, 0.25) is 0 Å². The quantitative estimate of drug-likeness (QED) is 0.105. The van der Waals surface area contributed by atoms with Crippen LogP contribution >= 0.6 is 0 Å². The number of carbonyl (C=O) groups excluding carboxylic acids is 4. The Hall–Kier alpha value is -4.49. The van der Waals surface area contributed by atoms with Crippen LogP contribution in [-0.4, -0.2) is 70.5 Å². The van der Waals surface area contributed by atoms with Gasteiger partial charge in [0, 0.05) is 12.8 Å². The van der Waals surface area contributed by atoms with Crippen molar-refractivity contribution in [3.05, 3.63) is 65.7 Å². The molecule has 0 saturated carbocycles. The summed E-state index contributed by atoms with van der Waals surface area (Å²) < 4.78 is 0. The molecule has 2 aromatic rings. The topological polar surface area (TPSA) is 240 Å². The summed E-state index contributed by atoms with van der Waals surface area (Å²) in [7, 11) is 0. The van der Waals surface area contributed by atoms with Crippen LogP contribution < -0.4 is 33.2 Å². The molecule has 0 aliphatic heterocycles. The zero-order chi connectivity index (χ0) is 31.1. The van der Waals surface area contributed by atoms with Gasteiger partial charge in [-0.05, 0) is 61.9 Å². The van der Waals surface area contributed by atoms with Gasteiger partial charge in [0.1, 0.15) is 23.9 Å². The summed E-state index contributed by atoms with van der Waals surface area (Å²) in [6, 6.07) is 10.4. The van der Waals surface area contributed by atoms with Crippen molar-refractivity contribution in [2.24, 2.45) is 17.2 Å². The van der Waals surface area contributed by atoms with Gasteiger partial charge in [-0.15, -0.1) is 0 Å². The first-order chi connectivity index (χ1) is 20.0. The molecule has 228 valence electrons. The van der Waals surface area contributed by atoms with Gasteiger partial charge in [0.2, 0.25) is 23.6 Å². The molecule has 0 saturated heterocycles. The summed E-state index contributed by atoms with van der Waals surface area (Å²) in [4.78, 5) is 62.5. The second-order valence-electron chi connectivity index (χ2n) is 9.98.